The van der Waals surface area contributed by atoms with E-state index < -0.39 is 0 Å². The minimum absolute atomic E-state index is 0.777. The van der Waals surface area contributed by atoms with Crippen LogP contribution in [0.2, 0.25) is 0 Å². The molecule has 117 valence electrons. The molecule has 23 heavy (non-hydrogen) atoms. The van der Waals surface area contributed by atoms with Crippen molar-refractivity contribution in [1.29, 1.82) is 0 Å². The molecule has 1 aliphatic heterocycles. The highest BCUT2D eigenvalue weighted by Crippen LogP contribution is 2.28. The maximum atomic E-state index is 6.03. The van der Waals surface area contributed by atoms with Gasteiger partial charge < -0.3 is 18.9 Å². The Kier molecular flexibility index (Phi) is 3.63. The summed E-state index contributed by atoms with van der Waals surface area (Å²) in [6.45, 7) is 3.39. The van der Waals surface area contributed by atoms with Crippen LogP contribution in [0.1, 0.15) is 0 Å². The predicted octanol–water partition coefficient (Wildman–Crippen LogP) is 3.00. The van der Waals surface area contributed by atoms with E-state index >= 15 is 0 Å². The molecule has 0 bridgehead atoms. The highest BCUT2D eigenvalue weighted by molar-refractivity contribution is 5.76. The molecule has 4 rings (SSSR count). The summed E-state index contributed by atoms with van der Waals surface area (Å²) in [5.41, 5.74) is 3.09. The van der Waals surface area contributed by atoms with Crippen molar-refractivity contribution < 1.29 is 9.47 Å². The number of morpholine rings is 1. The van der Waals surface area contributed by atoms with Gasteiger partial charge in [-0.15, -0.1) is 0 Å². The number of benzene rings is 2. The van der Waals surface area contributed by atoms with E-state index in [1.165, 1.54) is 5.69 Å². The van der Waals surface area contributed by atoms with E-state index in [4.69, 9.17) is 9.47 Å². The number of anilines is 1. The average Bonchev–Trinajstić information content (AvgIpc) is 2.97. The molecule has 2 aromatic carbocycles. The highest BCUT2D eigenvalue weighted by atomic mass is 16.5. The zero-order chi connectivity index (χ0) is 15.6. The van der Waals surface area contributed by atoms with Crippen molar-refractivity contribution >= 4 is 16.7 Å². The van der Waals surface area contributed by atoms with Crippen LogP contribution in [-0.2, 0) is 11.8 Å². The van der Waals surface area contributed by atoms with Crippen molar-refractivity contribution in [3.8, 4) is 11.5 Å². The second kappa shape index (κ2) is 5.93. The summed E-state index contributed by atoms with van der Waals surface area (Å²) in [7, 11) is 1.93. The Morgan fingerprint density at radius 1 is 1.09 bits per heavy atom. The van der Waals surface area contributed by atoms with Gasteiger partial charge in [0.2, 0.25) is 0 Å². The molecule has 1 aliphatic rings. The molecule has 0 saturated carbocycles. The van der Waals surface area contributed by atoms with Crippen molar-refractivity contribution in [2.24, 2.45) is 7.05 Å². The van der Waals surface area contributed by atoms with Gasteiger partial charge in [0.15, 0.2) is 6.33 Å². The number of aryl methyl sites for hydroxylation is 1. The Morgan fingerprint density at radius 2 is 1.91 bits per heavy atom. The number of fused-ring (bicyclic) bond motifs is 1. The fourth-order valence-corrected chi connectivity index (χ4v) is 2.81. The molecule has 5 nitrogen and oxygen atoms in total. The molecule has 5 heteroatoms. The Balaban J connectivity index is 1.58. The van der Waals surface area contributed by atoms with E-state index in [1.54, 1.807) is 0 Å². The maximum Gasteiger partial charge on any atom is 0.177 e. The molecule has 3 aromatic rings. The van der Waals surface area contributed by atoms with Gasteiger partial charge in [0.05, 0.1) is 24.2 Å². The molecule has 0 atom stereocenters. The van der Waals surface area contributed by atoms with E-state index in [2.05, 4.69) is 28.3 Å². The third-order valence-corrected chi connectivity index (χ3v) is 4.06. The summed E-state index contributed by atoms with van der Waals surface area (Å²) in [6.07, 6.45) is 2.91. The molecule has 2 heterocycles. The van der Waals surface area contributed by atoms with Crippen LogP contribution in [0.25, 0.3) is 11.0 Å². The quantitative estimate of drug-likeness (QED) is 0.746. The van der Waals surface area contributed by atoms with E-state index in [-0.39, 0.29) is 0 Å². The van der Waals surface area contributed by atoms with Gasteiger partial charge >= 0.3 is 0 Å². The van der Waals surface area contributed by atoms with Crippen molar-refractivity contribution in [3.05, 3.63) is 48.8 Å². The van der Waals surface area contributed by atoms with Crippen molar-refractivity contribution in [3.63, 3.8) is 0 Å². The minimum atomic E-state index is 0.777. The fraction of sp³-hybridized carbons (Fsp3) is 0.278. The highest BCUT2D eigenvalue weighted by Gasteiger charge is 2.12. The van der Waals surface area contributed by atoms with Crippen LogP contribution in [0, 0.1) is 6.33 Å². The number of rotatable bonds is 3. The second-order valence-electron chi connectivity index (χ2n) is 5.62. The van der Waals surface area contributed by atoms with Crippen molar-refractivity contribution in [1.82, 2.24) is 9.55 Å². The standard InChI is InChI=1S/C18H18N3O2/c1-20-13-19-17-6-5-16(12-18(17)20)23-15-4-2-3-14(11-15)21-7-9-22-10-8-21/h2-6,11-12H,7-10H2,1H3. The minimum Gasteiger partial charge on any atom is -0.457 e. The Bertz CT molecular complexity index is 822. The second-order valence-corrected chi connectivity index (χ2v) is 5.62. The molecule has 0 aliphatic carbocycles. The molecule has 1 radical (unpaired) electrons. The lowest BCUT2D eigenvalue weighted by atomic mass is 10.2. The zero-order valence-corrected chi connectivity index (χ0v) is 13.0. The Labute approximate surface area is 135 Å². The lowest BCUT2D eigenvalue weighted by Gasteiger charge is -2.29. The molecular weight excluding hydrogens is 290 g/mol. The van der Waals surface area contributed by atoms with Crippen LogP contribution in [0.4, 0.5) is 5.69 Å². The maximum absolute atomic E-state index is 6.03. The molecule has 0 spiro atoms. The van der Waals surface area contributed by atoms with Gasteiger partial charge in [0.25, 0.3) is 0 Å². The van der Waals surface area contributed by atoms with Gasteiger partial charge in [-0.25, -0.2) is 4.98 Å². The SMILES string of the molecule is Cn1[c]nc2ccc(Oc3cccc(N4CCOCC4)c3)cc21. The molecule has 1 fully saturated rings. The van der Waals surface area contributed by atoms with Gasteiger partial charge in [-0.2, -0.15) is 0 Å². The summed E-state index contributed by atoms with van der Waals surface area (Å²) >= 11 is 0. The Morgan fingerprint density at radius 3 is 2.78 bits per heavy atom. The van der Waals surface area contributed by atoms with Crippen LogP contribution in [0.3, 0.4) is 0 Å². The largest absolute Gasteiger partial charge is 0.457 e. The lowest BCUT2D eigenvalue weighted by molar-refractivity contribution is 0.122. The first-order valence-corrected chi connectivity index (χ1v) is 7.74. The fourth-order valence-electron chi connectivity index (χ4n) is 2.81. The average molecular weight is 308 g/mol. The number of nitrogens with zero attached hydrogens (tertiary/aromatic N) is 3. The van der Waals surface area contributed by atoms with Crippen LogP contribution in [0.5, 0.6) is 11.5 Å². The van der Waals surface area contributed by atoms with Crippen molar-refractivity contribution in [2.75, 3.05) is 31.2 Å². The van der Waals surface area contributed by atoms with Crippen LogP contribution < -0.4 is 9.64 Å². The summed E-state index contributed by atoms with van der Waals surface area (Å²) in [4.78, 5) is 6.52. The van der Waals surface area contributed by atoms with E-state index in [0.29, 0.717) is 0 Å². The van der Waals surface area contributed by atoms with Crippen LogP contribution in [-0.4, -0.2) is 35.9 Å². The normalized spacial score (nSPS) is 15.1. The van der Waals surface area contributed by atoms with Crippen molar-refractivity contribution in [2.45, 2.75) is 0 Å². The van der Waals surface area contributed by atoms with Gasteiger partial charge in [0.1, 0.15) is 11.5 Å². The first-order chi connectivity index (χ1) is 11.3. The summed E-state index contributed by atoms with van der Waals surface area (Å²) < 4.78 is 13.3. The first kappa shape index (κ1) is 14.1. The van der Waals surface area contributed by atoms with Crippen LogP contribution in [0.15, 0.2) is 42.5 Å². The van der Waals surface area contributed by atoms with Gasteiger partial charge in [-0.3, -0.25) is 0 Å². The third-order valence-electron chi connectivity index (χ3n) is 4.06. The number of imidazole rings is 1. The summed E-state index contributed by atoms with van der Waals surface area (Å²) in [5, 5.41) is 0. The lowest BCUT2D eigenvalue weighted by Crippen LogP contribution is -2.36. The number of aromatic nitrogens is 2. The van der Waals surface area contributed by atoms with E-state index in [9.17, 15) is 0 Å². The van der Waals surface area contributed by atoms with E-state index in [0.717, 1.165) is 48.8 Å². The number of hydrogen-bond donors (Lipinski definition) is 0. The van der Waals surface area contributed by atoms with Crippen LogP contribution >= 0.6 is 0 Å². The monoisotopic (exact) mass is 308 g/mol. The molecule has 0 N–H and O–H groups in total. The smallest absolute Gasteiger partial charge is 0.177 e. The number of hydrogen-bond acceptors (Lipinski definition) is 4. The number of ether oxygens (including phenoxy) is 2. The van der Waals surface area contributed by atoms with Gasteiger partial charge in [-0.05, 0) is 24.3 Å². The molecule has 0 unspecified atom stereocenters. The molecule has 1 saturated heterocycles. The van der Waals surface area contributed by atoms with Gasteiger partial charge in [0, 0.05) is 38.0 Å². The zero-order valence-electron chi connectivity index (χ0n) is 13.0. The molecular formula is C18H18N3O2. The third kappa shape index (κ3) is 2.87. The van der Waals surface area contributed by atoms with E-state index in [1.807, 2.05) is 41.9 Å². The van der Waals surface area contributed by atoms with Gasteiger partial charge in [-0.1, -0.05) is 6.07 Å². The summed E-state index contributed by atoms with van der Waals surface area (Å²) in [6, 6.07) is 14.1. The Hall–Kier alpha value is -2.53. The molecule has 1 aromatic heterocycles. The predicted molar refractivity (Wildman–Crippen MR) is 89.1 cm³/mol. The first-order valence-electron chi connectivity index (χ1n) is 7.74. The molecule has 0 amide bonds. The summed E-state index contributed by atoms with van der Waals surface area (Å²) in [5.74, 6) is 1.63. The topological polar surface area (TPSA) is 39.5 Å².